The van der Waals surface area contributed by atoms with Crippen molar-refractivity contribution in [3.63, 3.8) is 0 Å². The molecular formula is C12H19N3O. The Morgan fingerprint density at radius 3 is 3.06 bits per heavy atom. The van der Waals surface area contributed by atoms with Crippen LogP contribution >= 0.6 is 0 Å². The zero-order chi connectivity index (χ0) is 11.5. The SMILES string of the molecule is CCN1CCC(Cc2cc(C(C)=O)n[nH]2)C1. The van der Waals surface area contributed by atoms with Gasteiger partial charge in [0.15, 0.2) is 5.78 Å². The summed E-state index contributed by atoms with van der Waals surface area (Å²) >= 11 is 0. The van der Waals surface area contributed by atoms with E-state index in [0.29, 0.717) is 11.6 Å². The Morgan fingerprint density at radius 1 is 1.69 bits per heavy atom. The van der Waals surface area contributed by atoms with E-state index in [2.05, 4.69) is 22.0 Å². The molecule has 4 heteroatoms. The van der Waals surface area contributed by atoms with E-state index in [-0.39, 0.29) is 5.78 Å². The van der Waals surface area contributed by atoms with E-state index < -0.39 is 0 Å². The quantitative estimate of drug-likeness (QED) is 0.784. The number of nitrogens with one attached hydrogen (secondary N) is 1. The van der Waals surface area contributed by atoms with Crippen molar-refractivity contribution in [3.05, 3.63) is 17.5 Å². The molecule has 1 aliphatic rings. The standard InChI is InChI=1S/C12H19N3O/c1-3-15-5-4-10(8-15)6-11-7-12(9(2)16)14-13-11/h7,10H,3-6,8H2,1-2H3,(H,13,14). The van der Waals surface area contributed by atoms with Crippen molar-refractivity contribution < 1.29 is 4.79 Å². The lowest BCUT2D eigenvalue weighted by atomic mass is 10.0. The molecule has 1 aromatic rings. The van der Waals surface area contributed by atoms with Crippen LogP contribution in [0.15, 0.2) is 6.07 Å². The first-order valence-corrected chi connectivity index (χ1v) is 5.96. The number of carbonyl (C=O) groups excluding carboxylic acids is 1. The molecule has 0 spiro atoms. The molecule has 4 nitrogen and oxygen atoms in total. The molecule has 1 saturated heterocycles. The fourth-order valence-corrected chi connectivity index (χ4v) is 2.32. The van der Waals surface area contributed by atoms with Gasteiger partial charge in [-0.15, -0.1) is 0 Å². The number of aromatic amines is 1. The number of Topliss-reactive ketones (excluding diaryl/α,β-unsaturated/α-hetero) is 1. The number of likely N-dealkylation sites (tertiary alicyclic amines) is 1. The molecule has 88 valence electrons. The number of aromatic nitrogens is 2. The van der Waals surface area contributed by atoms with Crippen molar-refractivity contribution in [2.45, 2.75) is 26.7 Å². The van der Waals surface area contributed by atoms with Gasteiger partial charge in [0, 0.05) is 19.2 Å². The molecule has 1 aliphatic heterocycles. The zero-order valence-electron chi connectivity index (χ0n) is 9.99. The summed E-state index contributed by atoms with van der Waals surface area (Å²) in [6, 6.07) is 1.89. The average Bonchev–Trinajstić information content (AvgIpc) is 2.87. The predicted octanol–water partition coefficient (Wildman–Crippen LogP) is 1.50. The van der Waals surface area contributed by atoms with Crippen LogP contribution in [-0.2, 0) is 6.42 Å². The minimum absolute atomic E-state index is 0.0316. The first-order chi connectivity index (χ1) is 7.69. The van der Waals surface area contributed by atoms with Gasteiger partial charge in [-0.3, -0.25) is 9.89 Å². The van der Waals surface area contributed by atoms with Gasteiger partial charge in [0.05, 0.1) is 0 Å². The maximum absolute atomic E-state index is 11.1. The maximum atomic E-state index is 11.1. The number of hydrogen-bond acceptors (Lipinski definition) is 3. The van der Waals surface area contributed by atoms with Gasteiger partial charge in [-0.25, -0.2) is 0 Å². The molecule has 0 amide bonds. The molecule has 0 saturated carbocycles. The molecule has 1 fully saturated rings. The second-order valence-electron chi connectivity index (χ2n) is 4.59. The highest BCUT2D eigenvalue weighted by molar-refractivity contribution is 5.92. The molecule has 1 atom stereocenters. The minimum Gasteiger partial charge on any atom is -0.303 e. The van der Waals surface area contributed by atoms with Gasteiger partial charge in [0.25, 0.3) is 0 Å². The molecule has 2 heterocycles. The molecular weight excluding hydrogens is 202 g/mol. The summed E-state index contributed by atoms with van der Waals surface area (Å²) in [6.07, 6.45) is 2.26. The molecule has 0 aromatic carbocycles. The first kappa shape index (κ1) is 11.3. The third kappa shape index (κ3) is 2.50. The highest BCUT2D eigenvalue weighted by Gasteiger charge is 2.22. The van der Waals surface area contributed by atoms with Crippen LogP contribution in [0.5, 0.6) is 0 Å². The maximum Gasteiger partial charge on any atom is 0.179 e. The Bertz CT molecular complexity index is 372. The number of nitrogens with zero attached hydrogens (tertiary/aromatic N) is 2. The van der Waals surface area contributed by atoms with Crippen LogP contribution in [0.3, 0.4) is 0 Å². The van der Waals surface area contributed by atoms with Gasteiger partial charge in [0.1, 0.15) is 5.69 Å². The lowest BCUT2D eigenvalue weighted by molar-refractivity contribution is 0.101. The third-order valence-electron chi connectivity index (χ3n) is 3.32. The number of rotatable bonds is 4. The van der Waals surface area contributed by atoms with Crippen LogP contribution in [0.1, 0.15) is 36.5 Å². The van der Waals surface area contributed by atoms with Crippen molar-refractivity contribution in [2.24, 2.45) is 5.92 Å². The Balaban J connectivity index is 1.92. The number of ketones is 1. The van der Waals surface area contributed by atoms with Gasteiger partial charge in [-0.05, 0) is 37.9 Å². The zero-order valence-corrected chi connectivity index (χ0v) is 9.99. The fourth-order valence-electron chi connectivity index (χ4n) is 2.32. The van der Waals surface area contributed by atoms with Gasteiger partial charge < -0.3 is 4.90 Å². The Kier molecular flexibility index (Phi) is 3.39. The van der Waals surface area contributed by atoms with E-state index in [0.717, 1.165) is 18.7 Å². The highest BCUT2D eigenvalue weighted by atomic mass is 16.1. The summed E-state index contributed by atoms with van der Waals surface area (Å²) in [4.78, 5) is 13.6. The Hall–Kier alpha value is -1.16. The van der Waals surface area contributed by atoms with E-state index in [9.17, 15) is 4.79 Å². The minimum atomic E-state index is 0.0316. The topological polar surface area (TPSA) is 49.0 Å². The summed E-state index contributed by atoms with van der Waals surface area (Å²) in [5, 5.41) is 6.97. The number of carbonyl (C=O) groups is 1. The van der Waals surface area contributed by atoms with Crippen molar-refractivity contribution in [3.8, 4) is 0 Å². The lowest BCUT2D eigenvalue weighted by Crippen LogP contribution is -2.20. The van der Waals surface area contributed by atoms with Crippen molar-refractivity contribution in [2.75, 3.05) is 19.6 Å². The molecule has 0 radical (unpaired) electrons. The first-order valence-electron chi connectivity index (χ1n) is 5.96. The number of hydrogen-bond donors (Lipinski definition) is 1. The van der Waals surface area contributed by atoms with Crippen molar-refractivity contribution in [1.29, 1.82) is 0 Å². The molecule has 1 unspecified atom stereocenters. The van der Waals surface area contributed by atoms with E-state index in [1.54, 1.807) is 6.92 Å². The van der Waals surface area contributed by atoms with Gasteiger partial charge in [-0.2, -0.15) is 5.10 Å². The monoisotopic (exact) mass is 221 g/mol. The predicted molar refractivity (Wildman–Crippen MR) is 62.5 cm³/mol. The van der Waals surface area contributed by atoms with E-state index in [1.807, 2.05) is 6.07 Å². The molecule has 1 aromatic heterocycles. The Morgan fingerprint density at radius 2 is 2.50 bits per heavy atom. The van der Waals surface area contributed by atoms with Crippen LogP contribution in [-0.4, -0.2) is 40.5 Å². The van der Waals surface area contributed by atoms with Gasteiger partial charge >= 0.3 is 0 Å². The molecule has 16 heavy (non-hydrogen) atoms. The largest absolute Gasteiger partial charge is 0.303 e. The van der Waals surface area contributed by atoms with E-state index >= 15 is 0 Å². The molecule has 1 N–H and O–H groups in total. The lowest BCUT2D eigenvalue weighted by Gasteiger charge is -2.12. The van der Waals surface area contributed by atoms with Crippen LogP contribution < -0.4 is 0 Å². The van der Waals surface area contributed by atoms with Crippen LogP contribution in [0, 0.1) is 5.92 Å². The van der Waals surface area contributed by atoms with E-state index in [1.165, 1.54) is 19.5 Å². The van der Waals surface area contributed by atoms with Crippen LogP contribution in [0.25, 0.3) is 0 Å². The summed E-state index contributed by atoms with van der Waals surface area (Å²) < 4.78 is 0. The van der Waals surface area contributed by atoms with Gasteiger partial charge in [0.2, 0.25) is 0 Å². The third-order valence-corrected chi connectivity index (χ3v) is 3.32. The summed E-state index contributed by atoms with van der Waals surface area (Å²) in [5.74, 6) is 0.740. The smallest absolute Gasteiger partial charge is 0.179 e. The van der Waals surface area contributed by atoms with Crippen LogP contribution in [0.4, 0.5) is 0 Å². The summed E-state index contributed by atoms with van der Waals surface area (Å²) in [5.41, 5.74) is 1.65. The Labute approximate surface area is 96.0 Å². The average molecular weight is 221 g/mol. The second-order valence-corrected chi connectivity index (χ2v) is 4.59. The normalized spacial score (nSPS) is 21.5. The van der Waals surface area contributed by atoms with Crippen LogP contribution in [0.2, 0.25) is 0 Å². The molecule has 0 bridgehead atoms. The molecule has 0 aliphatic carbocycles. The molecule has 2 rings (SSSR count). The van der Waals surface area contributed by atoms with Crippen molar-refractivity contribution in [1.82, 2.24) is 15.1 Å². The summed E-state index contributed by atoms with van der Waals surface area (Å²) in [6.45, 7) is 7.26. The van der Waals surface area contributed by atoms with Gasteiger partial charge in [-0.1, -0.05) is 6.92 Å². The number of H-pyrrole nitrogens is 1. The highest BCUT2D eigenvalue weighted by Crippen LogP contribution is 2.19. The fraction of sp³-hybridized carbons (Fsp3) is 0.667. The van der Waals surface area contributed by atoms with E-state index in [4.69, 9.17) is 0 Å². The second kappa shape index (κ2) is 4.78. The van der Waals surface area contributed by atoms with Crippen molar-refractivity contribution >= 4 is 5.78 Å². The summed E-state index contributed by atoms with van der Waals surface area (Å²) in [7, 11) is 0.